The molecule has 2 atom stereocenters. The van der Waals surface area contributed by atoms with E-state index in [-0.39, 0.29) is 36.5 Å². The van der Waals surface area contributed by atoms with E-state index < -0.39 is 0 Å². The lowest BCUT2D eigenvalue weighted by molar-refractivity contribution is 0.239. The minimum Gasteiger partial charge on any atom is -0.396 e. The Morgan fingerprint density at radius 1 is 1.56 bits per heavy atom. The summed E-state index contributed by atoms with van der Waals surface area (Å²) in [7, 11) is 0. The Bertz CT molecular complexity index is 248. The van der Waals surface area contributed by atoms with E-state index in [1.165, 1.54) is 12.8 Å². The molecule has 0 aromatic rings. The van der Waals surface area contributed by atoms with Crippen LogP contribution in [0.4, 0.5) is 0 Å². The van der Waals surface area contributed by atoms with Crippen LogP contribution in [0.3, 0.4) is 0 Å². The molecule has 2 N–H and O–H groups in total. The van der Waals surface area contributed by atoms with Crippen molar-refractivity contribution in [2.24, 2.45) is 16.8 Å². The summed E-state index contributed by atoms with van der Waals surface area (Å²) in [6.07, 6.45) is 2.57. The highest BCUT2D eigenvalue weighted by molar-refractivity contribution is 14.0. The lowest BCUT2D eigenvalue weighted by Gasteiger charge is -2.33. The SMILES string of the molecule is CCNC(=NCC(C)CO)N1CCCC(C)C1.I. The lowest BCUT2D eigenvalue weighted by Crippen LogP contribution is -2.46. The second-order valence-electron chi connectivity index (χ2n) is 5.18. The number of rotatable bonds is 4. The van der Waals surface area contributed by atoms with Gasteiger partial charge in [0.2, 0.25) is 0 Å². The molecule has 0 saturated carbocycles. The molecule has 18 heavy (non-hydrogen) atoms. The van der Waals surface area contributed by atoms with Crippen molar-refractivity contribution < 1.29 is 5.11 Å². The van der Waals surface area contributed by atoms with Gasteiger partial charge in [0.25, 0.3) is 0 Å². The number of piperidine rings is 1. The van der Waals surface area contributed by atoms with Crippen molar-refractivity contribution in [1.29, 1.82) is 0 Å². The highest BCUT2D eigenvalue weighted by Gasteiger charge is 2.19. The number of aliphatic imine (C=N–C) groups is 1. The highest BCUT2D eigenvalue weighted by atomic mass is 127. The molecule has 2 unspecified atom stereocenters. The zero-order chi connectivity index (χ0) is 12.7. The summed E-state index contributed by atoms with van der Waals surface area (Å²) < 4.78 is 0. The predicted octanol–water partition coefficient (Wildman–Crippen LogP) is 1.93. The van der Waals surface area contributed by atoms with Gasteiger partial charge in [0.15, 0.2) is 5.96 Å². The number of hydrogen-bond acceptors (Lipinski definition) is 2. The number of hydrogen-bond donors (Lipinski definition) is 2. The molecule has 0 spiro atoms. The van der Waals surface area contributed by atoms with Crippen LogP contribution < -0.4 is 5.32 Å². The van der Waals surface area contributed by atoms with E-state index in [0.29, 0.717) is 6.54 Å². The fourth-order valence-electron chi connectivity index (χ4n) is 2.11. The fourth-order valence-corrected chi connectivity index (χ4v) is 2.11. The van der Waals surface area contributed by atoms with Gasteiger partial charge < -0.3 is 15.3 Å². The highest BCUT2D eigenvalue weighted by Crippen LogP contribution is 2.15. The Kier molecular flexibility index (Phi) is 9.81. The summed E-state index contributed by atoms with van der Waals surface area (Å²) in [5.41, 5.74) is 0. The summed E-state index contributed by atoms with van der Waals surface area (Å²) in [6.45, 7) is 10.4. The average Bonchev–Trinajstić information content (AvgIpc) is 2.34. The number of nitrogens with one attached hydrogen (secondary N) is 1. The van der Waals surface area contributed by atoms with Crippen LogP contribution in [0.1, 0.15) is 33.6 Å². The van der Waals surface area contributed by atoms with Crippen molar-refractivity contribution in [2.45, 2.75) is 33.6 Å². The molecule has 0 aromatic heterocycles. The first-order valence-electron chi connectivity index (χ1n) is 6.81. The molecule has 4 nitrogen and oxygen atoms in total. The van der Waals surface area contributed by atoms with Gasteiger partial charge in [-0.25, -0.2) is 0 Å². The third-order valence-corrected chi connectivity index (χ3v) is 3.16. The molecule has 1 saturated heterocycles. The first-order chi connectivity index (χ1) is 8.17. The van der Waals surface area contributed by atoms with Crippen LogP contribution in [-0.2, 0) is 0 Å². The van der Waals surface area contributed by atoms with Crippen molar-refractivity contribution in [1.82, 2.24) is 10.2 Å². The van der Waals surface area contributed by atoms with Crippen molar-refractivity contribution in [3.05, 3.63) is 0 Å². The van der Waals surface area contributed by atoms with Crippen LogP contribution in [0, 0.1) is 11.8 Å². The van der Waals surface area contributed by atoms with Gasteiger partial charge in [-0.3, -0.25) is 4.99 Å². The number of guanidine groups is 1. The minimum absolute atomic E-state index is 0. The monoisotopic (exact) mass is 369 g/mol. The topological polar surface area (TPSA) is 47.9 Å². The Morgan fingerprint density at radius 2 is 2.28 bits per heavy atom. The second kappa shape index (κ2) is 9.83. The van der Waals surface area contributed by atoms with Gasteiger partial charge in [0, 0.05) is 32.8 Å². The first-order valence-corrected chi connectivity index (χ1v) is 6.81. The summed E-state index contributed by atoms with van der Waals surface area (Å²) >= 11 is 0. The van der Waals surface area contributed by atoms with Crippen LogP contribution in [0.2, 0.25) is 0 Å². The van der Waals surface area contributed by atoms with Crippen molar-refractivity contribution in [3.8, 4) is 0 Å². The zero-order valence-electron chi connectivity index (χ0n) is 11.9. The molecule has 1 rings (SSSR count). The molecule has 0 bridgehead atoms. The maximum Gasteiger partial charge on any atom is 0.193 e. The third kappa shape index (κ3) is 6.22. The average molecular weight is 369 g/mol. The normalized spacial score (nSPS) is 22.3. The quantitative estimate of drug-likeness (QED) is 0.452. The molecule has 1 heterocycles. The van der Waals surface area contributed by atoms with Gasteiger partial charge in [0.1, 0.15) is 0 Å². The standard InChI is InChI=1S/C13H27N3O.HI/c1-4-14-13(15-8-12(3)10-17)16-7-5-6-11(2)9-16;/h11-12,17H,4-10H2,1-3H3,(H,14,15);1H. The predicted molar refractivity (Wildman–Crippen MR) is 87.6 cm³/mol. The van der Waals surface area contributed by atoms with Gasteiger partial charge in [-0.15, -0.1) is 24.0 Å². The zero-order valence-corrected chi connectivity index (χ0v) is 14.2. The molecule has 0 amide bonds. The Morgan fingerprint density at radius 3 is 2.83 bits per heavy atom. The fraction of sp³-hybridized carbons (Fsp3) is 0.923. The summed E-state index contributed by atoms with van der Waals surface area (Å²) in [5.74, 6) is 2.01. The molecule has 5 heteroatoms. The smallest absolute Gasteiger partial charge is 0.193 e. The second-order valence-corrected chi connectivity index (χ2v) is 5.18. The van der Waals surface area contributed by atoms with E-state index >= 15 is 0 Å². The molecule has 108 valence electrons. The molecular formula is C13H28IN3O. The number of nitrogens with zero attached hydrogens (tertiary/aromatic N) is 2. The number of aliphatic hydroxyl groups is 1. The minimum atomic E-state index is 0. The van der Waals surface area contributed by atoms with E-state index in [1.54, 1.807) is 0 Å². The van der Waals surface area contributed by atoms with Gasteiger partial charge in [-0.1, -0.05) is 13.8 Å². The van der Waals surface area contributed by atoms with Crippen LogP contribution >= 0.6 is 24.0 Å². The van der Waals surface area contributed by atoms with Crippen molar-refractivity contribution in [2.75, 3.05) is 32.8 Å². The maximum absolute atomic E-state index is 9.03. The van der Waals surface area contributed by atoms with E-state index in [1.807, 2.05) is 6.92 Å². The summed E-state index contributed by atoms with van der Waals surface area (Å²) in [4.78, 5) is 6.96. The number of halogens is 1. The molecule has 1 aliphatic heterocycles. The lowest BCUT2D eigenvalue weighted by atomic mass is 10.0. The van der Waals surface area contributed by atoms with Gasteiger partial charge >= 0.3 is 0 Å². The number of likely N-dealkylation sites (tertiary alicyclic amines) is 1. The van der Waals surface area contributed by atoms with Crippen molar-refractivity contribution >= 4 is 29.9 Å². The van der Waals surface area contributed by atoms with E-state index in [2.05, 4.69) is 29.1 Å². The number of aliphatic hydroxyl groups excluding tert-OH is 1. The van der Waals surface area contributed by atoms with E-state index in [4.69, 9.17) is 5.11 Å². The van der Waals surface area contributed by atoms with E-state index in [0.717, 1.165) is 31.5 Å². The van der Waals surface area contributed by atoms with Crippen LogP contribution in [0.25, 0.3) is 0 Å². The molecular weight excluding hydrogens is 341 g/mol. The molecule has 0 aliphatic carbocycles. The van der Waals surface area contributed by atoms with Gasteiger partial charge in [-0.05, 0) is 31.6 Å². The first kappa shape index (κ1) is 18.0. The summed E-state index contributed by atoms with van der Waals surface area (Å²) in [5, 5.41) is 12.4. The Labute approximate surface area is 128 Å². The third-order valence-electron chi connectivity index (χ3n) is 3.16. The van der Waals surface area contributed by atoms with Crippen LogP contribution in [-0.4, -0.2) is 48.8 Å². The maximum atomic E-state index is 9.03. The Balaban J connectivity index is 0.00000289. The van der Waals surface area contributed by atoms with Crippen LogP contribution in [0.5, 0.6) is 0 Å². The molecule has 1 fully saturated rings. The molecule has 0 aromatic carbocycles. The Hall–Kier alpha value is -0.0400. The van der Waals surface area contributed by atoms with Gasteiger partial charge in [0.05, 0.1) is 0 Å². The van der Waals surface area contributed by atoms with Gasteiger partial charge in [-0.2, -0.15) is 0 Å². The largest absolute Gasteiger partial charge is 0.396 e. The molecule has 0 radical (unpaired) electrons. The summed E-state index contributed by atoms with van der Waals surface area (Å²) in [6, 6.07) is 0. The van der Waals surface area contributed by atoms with E-state index in [9.17, 15) is 0 Å². The van der Waals surface area contributed by atoms with Crippen LogP contribution in [0.15, 0.2) is 4.99 Å². The van der Waals surface area contributed by atoms with Crippen molar-refractivity contribution in [3.63, 3.8) is 0 Å². The molecule has 1 aliphatic rings.